The fraction of sp³-hybridized carbons (Fsp3) is 0.143. The Hall–Kier alpha value is -1.35. The molecule has 0 aromatic heterocycles. The Kier molecular flexibility index (Phi) is 3.79. The molecule has 3 N–H and O–H groups in total. The van der Waals surface area contributed by atoms with E-state index in [2.05, 4.69) is 0 Å². The summed E-state index contributed by atoms with van der Waals surface area (Å²) in [5, 5.41) is 10.8. The van der Waals surface area contributed by atoms with E-state index in [1.807, 2.05) is 42.5 Å². The number of nitrogens with two attached hydrogens (primary N) is 1. The highest BCUT2D eigenvalue weighted by molar-refractivity contribution is 6.31. The van der Waals surface area contributed by atoms with Gasteiger partial charge in [-0.2, -0.15) is 0 Å². The number of aliphatic hydroxyl groups excluding tert-OH is 1. The number of aliphatic hydroxyl groups is 1. The largest absolute Gasteiger partial charge is 0.384 e. The second-order valence-electron chi connectivity index (χ2n) is 3.87. The van der Waals surface area contributed by atoms with Crippen molar-refractivity contribution in [2.75, 3.05) is 0 Å². The molecule has 88 valence electrons. The first-order valence-corrected chi connectivity index (χ1v) is 5.81. The summed E-state index contributed by atoms with van der Waals surface area (Å²) in [5.74, 6) is 0. The molecular weight excluding hydrogens is 234 g/mol. The molecule has 0 bridgehead atoms. The van der Waals surface area contributed by atoms with Crippen LogP contribution in [0.5, 0.6) is 0 Å². The third kappa shape index (κ3) is 2.67. The van der Waals surface area contributed by atoms with E-state index in [1.54, 1.807) is 6.07 Å². The third-order valence-corrected chi connectivity index (χ3v) is 3.08. The first-order chi connectivity index (χ1) is 8.22. The average molecular weight is 248 g/mol. The minimum atomic E-state index is -0.699. The van der Waals surface area contributed by atoms with Gasteiger partial charge in [-0.25, -0.2) is 0 Å². The molecule has 0 saturated carbocycles. The van der Waals surface area contributed by atoms with Gasteiger partial charge in [0.1, 0.15) is 6.10 Å². The molecule has 0 amide bonds. The molecule has 1 atom stereocenters. The van der Waals surface area contributed by atoms with E-state index in [9.17, 15) is 5.11 Å². The van der Waals surface area contributed by atoms with Gasteiger partial charge in [0.15, 0.2) is 0 Å². The first kappa shape index (κ1) is 12.1. The van der Waals surface area contributed by atoms with Gasteiger partial charge in [0.2, 0.25) is 0 Å². The van der Waals surface area contributed by atoms with Crippen LogP contribution >= 0.6 is 11.6 Å². The van der Waals surface area contributed by atoms with Crippen LogP contribution in [-0.2, 0) is 6.54 Å². The molecule has 0 heterocycles. The molecule has 0 fully saturated rings. The Labute approximate surface area is 106 Å². The Morgan fingerprint density at radius 3 is 2.29 bits per heavy atom. The van der Waals surface area contributed by atoms with Crippen molar-refractivity contribution in [3.63, 3.8) is 0 Å². The summed E-state index contributed by atoms with van der Waals surface area (Å²) >= 11 is 6.05. The van der Waals surface area contributed by atoms with Gasteiger partial charge in [-0.05, 0) is 17.2 Å². The molecule has 17 heavy (non-hydrogen) atoms. The number of hydrogen-bond donors (Lipinski definition) is 2. The van der Waals surface area contributed by atoms with Gasteiger partial charge >= 0.3 is 0 Å². The lowest BCUT2D eigenvalue weighted by molar-refractivity contribution is 0.220. The summed E-state index contributed by atoms with van der Waals surface area (Å²) in [4.78, 5) is 0. The predicted octanol–water partition coefficient (Wildman–Crippen LogP) is 2.88. The summed E-state index contributed by atoms with van der Waals surface area (Å²) in [6.45, 7) is 0.502. The second-order valence-corrected chi connectivity index (χ2v) is 4.28. The van der Waals surface area contributed by atoms with Crippen LogP contribution in [0, 0.1) is 0 Å². The average Bonchev–Trinajstić information content (AvgIpc) is 2.39. The minimum absolute atomic E-state index is 0.502. The molecule has 2 aromatic carbocycles. The SMILES string of the molecule is NCc1ccc(C(O)c2ccccc2Cl)cc1. The molecule has 0 radical (unpaired) electrons. The molecule has 0 aliphatic rings. The van der Waals surface area contributed by atoms with Gasteiger partial charge in [0, 0.05) is 17.1 Å². The topological polar surface area (TPSA) is 46.2 Å². The summed E-state index contributed by atoms with van der Waals surface area (Å²) in [6.07, 6.45) is -0.699. The Morgan fingerprint density at radius 2 is 1.71 bits per heavy atom. The van der Waals surface area contributed by atoms with Crippen molar-refractivity contribution in [3.05, 3.63) is 70.2 Å². The second kappa shape index (κ2) is 5.32. The van der Waals surface area contributed by atoms with Crippen LogP contribution in [0.25, 0.3) is 0 Å². The molecule has 0 aliphatic heterocycles. The van der Waals surface area contributed by atoms with Crippen LogP contribution in [0.3, 0.4) is 0 Å². The number of rotatable bonds is 3. The van der Waals surface area contributed by atoms with Crippen LogP contribution in [0.4, 0.5) is 0 Å². The van der Waals surface area contributed by atoms with Gasteiger partial charge in [0.05, 0.1) is 0 Å². The van der Waals surface area contributed by atoms with E-state index >= 15 is 0 Å². The van der Waals surface area contributed by atoms with Crippen molar-refractivity contribution in [2.45, 2.75) is 12.6 Å². The van der Waals surface area contributed by atoms with Gasteiger partial charge < -0.3 is 10.8 Å². The number of benzene rings is 2. The predicted molar refractivity (Wildman–Crippen MR) is 69.8 cm³/mol. The number of hydrogen-bond acceptors (Lipinski definition) is 2. The molecular formula is C14H14ClNO. The smallest absolute Gasteiger partial charge is 0.105 e. The quantitative estimate of drug-likeness (QED) is 0.876. The first-order valence-electron chi connectivity index (χ1n) is 5.44. The van der Waals surface area contributed by atoms with Crippen LogP contribution in [-0.4, -0.2) is 5.11 Å². The fourth-order valence-corrected chi connectivity index (χ4v) is 1.95. The standard InChI is InChI=1S/C14H14ClNO/c15-13-4-2-1-3-12(13)14(17)11-7-5-10(9-16)6-8-11/h1-8,14,17H,9,16H2. The third-order valence-electron chi connectivity index (χ3n) is 2.73. The molecule has 0 saturated heterocycles. The summed E-state index contributed by atoms with van der Waals surface area (Å²) < 4.78 is 0. The monoisotopic (exact) mass is 247 g/mol. The van der Waals surface area contributed by atoms with E-state index in [1.165, 1.54) is 0 Å². The summed E-state index contributed by atoms with van der Waals surface area (Å²) in [6, 6.07) is 14.9. The van der Waals surface area contributed by atoms with Crippen molar-refractivity contribution in [1.29, 1.82) is 0 Å². The lowest BCUT2D eigenvalue weighted by Gasteiger charge is -2.13. The fourth-order valence-electron chi connectivity index (χ4n) is 1.71. The highest BCUT2D eigenvalue weighted by atomic mass is 35.5. The van der Waals surface area contributed by atoms with E-state index < -0.39 is 6.10 Å². The molecule has 2 aromatic rings. The maximum absolute atomic E-state index is 10.2. The van der Waals surface area contributed by atoms with E-state index in [0.29, 0.717) is 11.6 Å². The van der Waals surface area contributed by atoms with Crippen LogP contribution < -0.4 is 5.73 Å². The van der Waals surface area contributed by atoms with Crippen molar-refractivity contribution < 1.29 is 5.11 Å². The van der Waals surface area contributed by atoms with Crippen molar-refractivity contribution in [2.24, 2.45) is 5.73 Å². The van der Waals surface area contributed by atoms with E-state index in [0.717, 1.165) is 16.7 Å². The van der Waals surface area contributed by atoms with Crippen molar-refractivity contribution >= 4 is 11.6 Å². The zero-order valence-electron chi connectivity index (χ0n) is 9.31. The summed E-state index contributed by atoms with van der Waals surface area (Å²) in [7, 11) is 0. The Bertz CT molecular complexity index is 496. The normalized spacial score (nSPS) is 12.4. The maximum Gasteiger partial charge on any atom is 0.105 e. The molecule has 2 nitrogen and oxygen atoms in total. The molecule has 1 unspecified atom stereocenters. The number of halogens is 1. The maximum atomic E-state index is 10.2. The zero-order chi connectivity index (χ0) is 12.3. The van der Waals surface area contributed by atoms with Gasteiger partial charge in [0.25, 0.3) is 0 Å². The van der Waals surface area contributed by atoms with Crippen LogP contribution in [0.15, 0.2) is 48.5 Å². The van der Waals surface area contributed by atoms with Gasteiger partial charge in [-0.1, -0.05) is 54.1 Å². The van der Waals surface area contributed by atoms with Crippen LogP contribution in [0.1, 0.15) is 22.8 Å². The Balaban J connectivity index is 2.30. The van der Waals surface area contributed by atoms with E-state index in [-0.39, 0.29) is 0 Å². The van der Waals surface area contributed by atoms with E-state index in [4.69, 9.17) is 17.3 Å². The van der Waals surface area contributed by atoms with Crippen molar-refractivity contribution in [1.82, 2.24) is 0 Å². The molecule has 0 spiro atoms. The highest BCUT2D eigenvalue weighted by Crippen LogP contribution is 2.27. The minimum Gasteiger partial charge on any atom is -0.384 e. The molecule has 0 aliphatic carbocycles. The Morgan fingerprint density at radius 1 is 1.06 bits per heavy atom. The summed E-state index contributed by atoms with van der Waals surface area (Å²) in [5.41, 5.74) is 8.10. The van der Waals surface area contributed by atoms with Crippen LogP contribution in [0.2, 0.25) is 5.02 Å². The zero-order valence-corrected chi connectivity index (χ0v) is 10.1. The van der Waals surface area contributed by atoms with Gasteiger partial charge in [-0.15, -0.1) is 0 Å². The highest BCUT2D eigenvalue weighted by Gasteiger charge is 2.12. The molecule has 3 heteroatoms. The van der Waals surface area contributed by atoms with Crippen molar-refractivity contribution in [3.8, 4) is 0 Å². The lowest BCUT2D eigenvalue weighted by atomic mass is 10.0. The lowest BCUT2D eigenvalue weighted by Crippen LogP contribution is -2.01. The molecule has 2 rings (SSSR count). The van der Waals surface area contributed by atoms with Gasteiger partial charge in [-0.3, -0.25) is 0 Å².